The first-order valence-electron chi connectivity index (χ1n) is 6.30. The van der Waals surface area contributed by atoms with Crippen molar-refractivity contribution in [3.05, 3.63) is 33.9 Å². The summed E-state index contributed by atoms with van der Waals surface area (Å²) in [7, 11) is 1.52. The van der Waals surface area contributed by atoms with Gasteiger partial charge in [-0.1, -0.05) is 0 Å². The molecule has 5 nitrogen and oxygen atoms in total. The fourth-order valence-electron chi connectivity index (χ4n) is 2.13. The lowest BCUT2D eigenvalue weighted by molar-refractivity contribution is -0.385. The predicted molar refractivity (Wildman–Crippen MR) is 76.8 cm³/mol. The molecule has 104 valence electrons. The fraction of sp³-hybridized carbons (Fsp3) is 0.538. The molecule has 2 rings (SSSR count). The molecule has 1 N–H and O–H groups in total. The molecule has 0 saturated carbocycles. The van der Waals surface area contributed by atoms with Gasteiger partial charge in [0.1, 0.15) is 5.75 Å². The monoisotopic (exact) mass is 282 g/mol. The molecule has 1 aromatic carbocycles. The van der Waals surface area contributed by atoms with E-state index < -0.39 is 0 Å². The average Bonchev–Trinajstić information content (AvgIpc) is 2.91. The predicted octanol–water partition coefficient (Wildman–Crippen LogP) is 2.45. The molecule has 1 aliphatic rings. The summed E-state index contributed by atoms with van der Waals surface area (Å²) >= 11 is 1.99. The Balaban J connectivity index is 1.94. The Labute approximate surface area is 116 Å². The molecule has 1 heterocycles. The van der Waals surface area contributed by atoms with E-state index in [1.807, 2.05) is 17.8 Å². The standard InChI is InChI=1S/C13H18N2O3S/c1-18-13-5-11(4-12(6-13)15(16)17)8-14-7-10-2-3-19-9-10/h4-6,10,14H,2-3,7-9H2,1H3. The maximum absolute atomic E-state index is 10.8. The first kappa shape index (κ1) is 14.1. The summed E-state index contributed by atoms with van der Waals surface area (Å²) in [6.45, 7) is 1.61. The molecule has 0 aromatic heterocycles. The summed E-state index contributed by atoms with van der Waals surface area (Å²) in [5.74, 6) is 3.72. The summed E-state index contributed by atoms with van der Waals surface area (Å²) < 4.78 is 5.09. The maximum atomic E-state index is 10.8. The molecular formula is C13H18N2O3S. The molecule has 0 bridgehead atoms. The van der Waals surface area contributed by atoms with E-state index in [-0.39, 0.29) is 10.6 Å². The highest BCUT2D eigenvalue weighted by atomic mass is 32.2. The first-order valence-corrected chi connectivity index (χ1v) is 7.45. The molecule has 0 radical (unpaired) electrons. The number of rotatable bonds is 6. The topological polar surface area (TPSA) is 64.4 Å². The molecule has 1 unspecified atom stereocenters. The van der Waals surface area contributed by atoms with Crippen molar-refractivity contribution < 1.29 is 9.66 Å². The van der Waals surface area contributed by atoms with Crippen molar-refractivity contribution in [1.82, 2.24) is 5.32 Å². The second kappa shape index (κ2) is 6.77. The van der Waals surface area contributed by atoms with Crippen LogP contribution in [-0.2, 0) is 6.54 Å². The zero-order valence-corrected chi connectivity index (χ0v) is 11.7. The molecule has 19 heavy (non-hydrogen) atoms. The van der Waals surface area contributed by atoms with Crippen LogP contribution in [0, 0.1) is 16.0 Å². The summed E-state index contributed by atoms with van der Waals surface area (Å²) in [5.41, 5.74) is 0.962. The van der Waals surface area contributed by atoms with Crippen LogP contribution in [0.2, 0.25) is 0 Å². The number of non-ortho nitro benzene ring substituents is 1. The molecule has 0 amide bonds. The average molecular weight is 282 g/mol. The van der Waals surface area contributed by atoms with E-state index in [4.69, 9.17) is 4.74 Å². The number of thioether (sulfide) groups is 1. The second-order valence-corrected chi connectivity index (χ2v) is 5.81. The summed E-state index contributed by atoms with van der Waals surface area (Å²) in [4.78, 5) is 10.4. The molecule has 0 aliphatic carbocycles. The van der Waals surface area contributed by atoms with Crippen molar-refractivity contribution >= 4 is 17.4 Å². The van der Waals surface area contributed by atoms with Gasteiger partial charge in [0.25, 0.3) is 5.69 Å². The minimum atomic E-state index is -0.389. The number of benzene rings is 1. The molecule has 1 aromatic rings. The van der Waals surface area contributed by atoms with Gasteiger partial charge in [-0.2, -0.15) is 11.8 Å². The van der Waals surface area contributed by atoms with Gasteiger partial charge in [0, 0.05) is 12.6 Å². The van der Waals surface area contributed by atoms with Gasteiger partial charge in [0.15, 0.2) is 0 Å². The van der Waals surface area contributed by atoms with Crippen LogP contribution in [0.3, 0.4) is 0 Å². The highest BCUT2D eigenvalue weighted by molar-refractivity contribution is 7.99. The molecule has 1 aliphatic heterocycles. The molecular weight excluding hydrogens is 264 g/mol. The SMILES string of the molecule is COc1cc(CNCC2CCSC2)cc([N+](=O)[O-])c1. The molecule has 0 spiro atoms. The van der Waals surface area contributed by atoms with Crippen LogP contribution in [0.25, 0.3) is 0 Å². The van der Waals surface area contributed by atoms with E-state index in [2.05, 4.69) is 5.32 Å². The van der Waals surface area contributed by atoms with Crippen molar-refractivity contribution in [2.75, 3.05) is 25.2 Å². The Kier molecular flexibility index (Phi) is 5.04. The Hall–Kier alpha value is -1.27. The summed E-state index contributed by atoms with van der Waals surface area (Å²) in [5, 5.41) is 14.2. The normalized spacial score (nSPS) is 18.5. The van der Waals surface area contributed by atoms with E-state index in [0.29, 0.717) is 12.3 Å². The highest BCUT2D eigenvalue weighted by Crippen LogP contribution is 2.24. The van der Waals surface area contributed by atoms with E-state index in [1.165, 1.54) is 31.1 Å². The molecule has 1 fully saturated rings. The van der Waals surface area contributed by atoms with Crippen molar-refractivity contribution in [2.45, 2.75) is 13.0 Å². The number of nitrogens with zero attached hydrogens (tertiary/aromatic N) is 1. The number of hydrogen-bond donors (Lipinski definition) is 1. The van der Waals surface area contributed by atoms with E-state index >= 15 is 0 Å². The van der Waals surface area contributed by atoms with Gasteiger partial charge in [-0.25, -0.2) is 0 Å². The van der Waals surface area contributed by atoms with E-state index in [9.17, 15) is 10.1 Å². The lowest BCUT2D eigenvalue weighted by Crippen LogP contribution is -2.22. The van der Waals surface area contributed by atoms with Gasteiger partial charge in [-0.3, -0.25) is 10.1 Å². The van der Waals surface area contributed by atoms with E-state index in [1.54, 1.807) is 6.07 Å². The minimum absolute atomic E-state index is 0.0765. The second-order valence-electron chi connectivity index (χ2n) is 4.66. The van der Waals surface area contributed by atoms with Crippen LogP contribution in [-0.4, -0.2) is 30.1 Å². The maximum Gasteiger partial charge on any atom is 0.273 e. The van der Waals surface area contributed by atoms with Gasteiger partial charge in [-0.15, -0.1) is 0 Å². The van der Waals surface area contributed by atoms with Crippen LogP contribution in [0.1, 0.15) is 12.0 Å². The number of nitrogens with one attached hydrogen (secondary N) is 1. The van der Waals surface area contributed by atoms with Gasteiger partial charge >= 0.3 is 0 Å². The Morgan fingerprint density at radius 2 is 2.37 bits per heavy atom. The fourth-order valence-corrected chi connectivity index (χ4v) is 3.42. The molecule has 1 saturated heterocycles. The number of nitro groups is 1. The third kappa shape index (κ3) is 4.11. The highest BCUT2D eigenvalue weighted by Gasteiger charge is 2.15. The third-order valence-corrected chi connectivity index (χ3v) is 4.42. The number of hydrogen-bond acceptors (Lipinski definition) is 5. The van der Waals surface area contributed by atoms with Crippen LogP contribution in [0.4, 0.5) is 5.69 Å². The largest absolute Gasteiger partial charge is 0.496 e. The van der Waals surface area contributed by atoms with Crippen LogP contribution >= 0.6 is 11.8 Å². The van der Waals surface area contributed by atoms with Crippen LogP contribution in [0.15, 0.2) is 18.2 Å². The van der Waals surface area contributed by atoms with Crippen molar-refractivity contribution in [3.63, 3.8) is 0 Å². The van der Waals surface area contributed by atoms with Crippen molar-refractivity contribution in [1.29, 1.82) is 0 Å². The number of ether oxygens (including phenoxy) is 1. The molecule has 6 heteroatoms. The lowest BCUT2D eigenvalue weighted by Gasteiger charge is -2.10. The van der Waals surface area contributed by atoms with Crippen molar-refractivity contribution in [3.8, 4) is 5.75 Å². The summed E-state index contributed by atoms with van der Waals surface area (Å²) in [6.07, 6.45) is 1.26. The summed E-state index contributed by atoms with van der Waals surface area (Å²) in [6, 6.07) is 4.87. The van der Waals surface area contributed by atoms with Crippen LogP contribution < -0.4 is 10.1 Å². The Morgan fingerprint density at radius 3 is 3.00 bits per heavy atom. The third-order valence-electron chi connectivity index (χ3n) is 3.18. The van der Waals surface area contributed by atoms with Crippen LogP contribution in [0.5, 0.6) is 5.75 Å². The van der Waals surface area contributed by atoms with Crippen molar-refractivity contribution in [2.24, 2.45) is 5.92 Å². The van der Waals surface area contributed by atoms with E-state index in [0.717, 1.165) is 18.0 Å². The zero-order chi connectivity index (χ0) is 13.7. The zero-order valence-electron chi connectivity index (χ0n) is 10.9. The molecule has 1 atom stereocenters. The Bertz CT molecular complexity index is 448. The lowest BCUT2D eigenvalue weighted by atomic mass is 10.1. The number of methoxy groups -OCH3 is 1. The van der Waals surface area contributed by atoms with Gasteiger partial charge in [0.2, 0.25) is 0 Å². The van der Waals surface area contributed by atoms with Gasteiger partial charge in [-0.05, 0) is 42.0 Å². The van der Waals surface area contributed by atoms with Gasteiger partial charge in [0.05, 0.1) is 18.1 Å². The number of nitro benzene ring substituents is 1. The smallest absolute Gasteiger partial charge is 0.273 e. The minimum Gasteiger partial charge on any atom is -0.496 e. The van der Waals surface area contributed by atoms with Gasteiger partial charge < -0.3 is 10.1 Å². The quantitative estimate of drug-likeness (QED) is 0.641. The Morgan fingerprint density at radius 1 is 1.53 bits per heavy atom. The first-order chi connectivity index (χ1) is 9.19.